The molecular formula is C11H12F4N2O3. The van der Waals surface area contributed by atoms with E-state index in [4.69, 9.17) is 5.11 Å². The van der Waals surface area contributed by atoms with E-state index < -0.39 is 24.9 Å². The molecule has 0 amide bonds. The lowest BCUT2D eigenvalue weighted by Crippen LogP contribution is -2.33. The summed E-state index contributed by atoms with van der Waals surface area (Å²) < 4.78 is 52.9. The second-order valence-corrected chi connectivity index (χ2v) is 3.75. The Balaban J connectivity index is 2.31. The Hall–Kier alpha value is -1.90. The molecule has 0 unspecified atom stereocenters. The Bertz CT molecular complexity index is 457. The van der Waals surface area contributed by atoms with Crippen LogP contribution in [0, 0.1) is 0 Å². The van der Waals surface area contributed by atoms with Crippen LogP contribution in [0.2, 0.25) is 0 Å². The Labute approximate surface area is 111 Å². The average molecular weight is 296 g/mol. The molecule has 1 rings (SSSR count). The molecule has 0 aliphatic rings. The van der Waals surface area contributed by atoms with Crippen molar-refractivity contribution in [1.82, 2.24) is 4.98 Å². The number of nitrogens with one attached hydrogen (secondary N) is 1. The molecule has 0 aliphatic carbocycles. The van der Waals surface area contributed by atoms with Crippen LogP contribution in [0.3, 0.4) is 0 Å². The largest absolute Gasteiger partial charge is 0.477 e. The van der Waals surface area contributed by atoms with Crippen LogP contribution in [0.1, 0.15) is 10.5 Å². The van der Waals surface area contributed by atoms with Crippen molar-refractivity contribution in [2.24, 2.45) is 0 Å². The van der Waals surface area contributed by atoms with Crippen LogP contribution in [-0.4, -0.2) is 48.2 Å². The van der Waals surface area contributed by atoms with Crippen molar-refractivity contribution in [3.8, 4) is 0 Å². The van der Waals surface area contributed by atoms with Gasteiger partial charge in [-0.05, 0) is 12.1 Å². The van der Waals surface area contributed by atoms with Crippen molar-refractivity contribution in [2.45, 2.75) is 12.3 Å². The van der Waals surface area contributed by atoms with E-state index in [-0.39, 0.29) is 24.7 Å². The average Bonchev–Trinajstić information content (AvgIpc) is 2.38. The van der Waals surface area contributed by atoms with Gasteiger partial charge in [-0.25, -0.2) is 18.6 Å². The maximum absolute atomic E-state index is 12.5. The van der Waals surface area contributed by atoms with Gasteiger partial charge in [0.1, 0.15) is 12.4 Å². The second kappa shape index (κ2) is 7.04. The van der Waals surface area contributed by atoms with Crippen LogP contribution in [0.4, 0.5) is 23.4 Å². The van der Waals surface area contributed by atoms with Gasteiger partial charge in [0.15, 0.2) is 5.69 Å². The van der Waals surface area contributed by atoms with Gasteiger partial charge in [-0.1, -0.05) is 6.07 Å². The minimum atomic E-state index is -4.18. The van der Waals surface area contributed by atoms with Crippen LogP contribution in [0.25, 0.3) is 0 Å². The first-order chi connectivity index (χ1) is 9.33. The highest BCUT2D eigenvalue weighted by molar-refractivity contribution is 5.85. The summed E-state index contributed by atoms with van der Waals surface area (Å²) in [4.78, 5) is 14.3. The minimum absolute atomic E-state index is 0.0232. The molecule has 1 heterocycles. The van der Waals surface area contributed by atoms with Gasteiger partial charge < -0.3 is 15.2 Å². The first-order valence-corrected chi connectivity index (χ1v) is 5.51. The summed E-state index contributed by atoms with van der Waals surface area (Å²) in [6, 6.07) is 4.21. The number of halogens is 4. The monoisotopic (exact) mass is 296 g/mol. The summed E-state index contributed by atoms with van der Waals surface area (Å²) in [5.41, 5.74) is -0.180. The molecule has 2 N–H and O–H groups in total. The number of hydrogen-bond donors (Lipinski definition) is 2. The zero-order valence-electron chi connectivity index (χ0n) is 10.2. The summed E-state index contributed by atoms with van der Waals surface area (Å²) in [6.07, 6.45) is -3.77. The minimum Gasteiger partial charge on any atom is -0.477 e. The molecule has 0 aliphatic heterocycles. The fraction of sp³-hybridized carbons (Fsp3) is 0.455. The van der Waals surface area contributed by atoms with Gasteiger partial charge >= 0.3 is 18.3 Å². The molecule has 9 heteroatoms. The number of ether oxygens (including phenoxy) is 1. The number of rotatable bonds is 8. The van der Waals surface area contributed by atoms with E-state index in [9.17, 15) is 22.4 Å². The normalized spacial score (nSPS) is 11.7. The molecule has 0 aromatic carbocycles. The lowest BCUT2D eigenvalue weighted by Gasteiger charge is -2.15. The smallest absolute Gasteiger partial charge is 0.354 e. The van der Waals surface area contributed by atoms with Crippen molar-refractivity contribution < 1.29 is 32.2 Å². The van der Waals surface area contributed by atoms with E-state index in [1.807, 2.05) is 0 Å². The zero-order chi connectivity index (χ0) is 15.2. The third-order valence-electron chi connectivity index (χ3n) is 2.13. The number of hydrogen-bond acceptors (Lipinski definition) is 4. The van der Waals surface area contributed by atoms with E-state index in [0.29, 0.717) is 0 Å². The number of anilines is 1. The lowest BCUT2D eigenvalue weighted by molar-refractivity contribution is -0.164. The van der Waals surface area contributed by atoms with Crippen molar-refractivity contribution in [2.75, 3.05) is 25.1 Å². The predicted molar refractivity (Wildman–Crippen MR) is 61.5 cm³/mol. The number of carbonyl (C=O) groups is 1. The SMILES string of the molecule is O=C(O)c1cccc(NCCOCC(F)(F)C(F)F)n1. The van der Waals surface area contributed by atoms with Gasteiger partial charge in [0.2, 0.25) is 0 Å². The number of carboxylic acid groups (broad SMARTS) is 1. The summed E-state index contributed by atoms with van der Waals surface area (Å²) in [7, 11) is 0. The summed E-state index contributed by atoms with van der Waals surface area (Å²) in [5.74, 6) is -5.17. The summed E-state index contributed by atoms with van der Waals surface area (Å²) >= 11 is 0. The van der Waals surface area contributed by atoms with Gasteiger partial charge in [0.25, 0.3) is 0 Å². The number of alkyl halides is 4. The second-order valence-electron chi connectivity index (χ2n) is 3.75. The van der Waals surface area contributed by atoms with Crippen molar-refractivity contribution in [3.63, 3.8) is 0 Å². The molecule has 1 aromatic rings. The van der Waals surface area contributed by atoms with Crippen LogP contribution in [0.15, 0.2) is 18.2 Å². The number of aromatic carboxylic acids is 1. The zero-order valence-corrected chi connectivity index (χ0v) is 10.2. The van der Waals surface area contributed by atoms with E-state index in [0.717, 1.165) is 0 Å². The summed E-state index contributed by atoms with van der Waals surface area (Å²) in [6.45, 7) is -1.61. The number of nitrogens with zero attached hydrogens (tertiary/aromatic N) is 1. The maximum atomic E-state index is 12.5. The van der Waals surface area contributed by atoms with Crippen molar-refractivity contribution in [3.05, 3.63) is 23.9 Å². The fourth-order valence-electron chi connectivity index (χ4n) is 1.17. The highest BCUT2D eigenvalue weighted by Gasteiger charge is 2.40. The van der Waals surface area contributed by atoms with Gasteiger partial charge in [0.05, 0.1) is 6.61 Å². The van der Waals surface area contributed by atoms with Gasteiger partial charge in [0, 0.05) is 6.54 Å². The maximum Gasteiger partial charge on any atom is 0.354 e. The quantitative estimate of drug-likeness (QED) is 0.568. The van der Waals surface area contributed by atoms with Gasteiger partial charge in [-0.2, -0.15) is 8.78 Å². The molecule has 0 saturated carbocycles. The first kappa shape index (κ1) is 16.2. The lowest BCUT2D eigenvalue weighted by atomic mass is 10.3. The van der Waals surface area contributed by atoms with E-state index >= 15 is 0 Å². The van der Waals surface area contributed by atoms with Gasteiger partial charge in [-0.15, -0.1) is 0 Å². The topological polar surface area (TPSA) is 71.5 Å². The van der Waals surface area contributed by atoms with Crippen molar-refractivity contribution >= 4 is 11.8 Å². The molecule has 112 valence electrons. The van der Waals surface area contributed by atoms with Crippen LogP contribution >= 0.6 is 0 Å². The molecule has 20 heavy (non-hydrogen) atoms. The van der Waals surface area contributed by atoms with Crippen LogP contribution in [-0.2, 0) is 4.74 Å². The molecule has 0 fully saturated rings. The number of aromatic nitrogens is 1. The molecule has 1 aromatic heterocycles. The third kappa shape index (κ3) is 5.00. The first-order valence-electron chi connectivity index (χ1n) is 5.51. The molecule has 0 atom stereocenters. The van der Waals surface area contributed by atoms with Crippen LogP contribution < -0.4 is 5.32 Å². The molecule has 0 saturated heterocycles. The Morgan fingerprint density at radius 1 is 1.45 bits per heavy atom. The Morgan fingerprint density at radius 3 is 2.75 bits per heavy atom. The highest BCUT2D eigenvalue weighted by atomic mass is 19.3. The van der Waals surface area contributed by atoms with E-state index in [1.54, 1.807) is 0 Å². The van der Waals surface area contributed by atoms with Gasteiger partial charge in [-0.3, -0.25) is 0 Å². The third-order valence-corrected chi connectivity index (χ3v) is 2.13. The molecule has 0 radical (unpaired) electrons. The molecular weight excluding hydrogens is 284 g/mol. The summed E-state index contributed by atoms with van der Waals surface area (Å²) in [5, 5.41) is 11.3. The number of pyridine rings is 1. The molecule has 0 spiro atoms. The standard InChI is InChI=1S/C11H12F4N2O3/c12-10(13)11(14,15)6-20-5-4-16-8-3-1-2-7(17-8)9(18)19/h1-3,10H,4-6H2,(H,16,17)(H,18,19). The Morgan fingerprint density at radius 2 is 2.15 bits per heavy atom. The van der Waals surface area contributed by atoms with E-state index in [1.165, 1.54) is 18.2 Å². The molecule has 0 bridgehead atoms. The number of carboxylic acids is 1. The van der Waals surface area contributed by atoms with Crippen molar-refractivity contribution in [1.29, 1.82) is 0 Å². The highest BCUT2D eigenvalue weighted by Crippen LogP contribution is 2.22. The van der Waals surface area contributed by atoms with E-state index in [2.05, 4.69) is 15.0 Å². The van der Waals surface area contributed by atoms with Crippen LogP contribution in [0.5, 0.6) is 0 Å². The molecule has 5 nitrogen and oxygen atoms in total. The fourth-order valence-corrected chi connectivity index (χ4v) is 1.17. The Kier molecular flexibility index (Phi) is 5.68. The predicted octanol–water partition coefficient (Wildman–Crippen LogP) is 2.11.